The molecular formula is C20H32FN3O3S. The van der Waals surface area contributed by atoms with Crippen molar-refractivity contribution in [2.45, 2.75) is 44.4 Å². The van der Waals surface area contributed by atoms with Gasteiger partial charge in [-0.05, 0) is 30.5 Å². The highest BCUT2D eigenvalue weighted by Gasteiger charge is 2.29. The molecule has 0 bridgehead atoms. The standard InChI is InChI=1S/C20H32FN3O3S/c1-3-5-7-17(4-2)15-22-20(25)16-23-10-12-24(13-11-23)28(26,27)19-9-6-8-18(21)14-19/h6,8-9,14,17H,3-5,7,10-13,15-16H2,1-2H3,(H,22,25)/t17-/m0/s1. The molecule has 28 heavy (non-hydrogen) atoms. The lowest BCUT2D eigenvalue weighted by Gasteiger charge is -2.33. The molecule has 0 unspecified atom stereocenters. The van der Waals surface area contributed by atoms with Gasteiger partial charge in [0.25, 0.3) is 0 Å². The summed E-state index contributed by atoms with van der Waals surface area (Å²) in [7, 11) is -3.70. The van der Waals surface area contributed by atoms with E-state index in [0.717, 1.165) is 25.3 Å². The molecule has 1 saturated heterocycles. The van der Waals surface area contributed by atoms with Crippen LogP contribution in [-0.4, -0.2) is 62.8 Å². The summed E-state index contributed by atoms with van der Waals surface area (Å²) in [5.41, 5.74) is 0. The highest BCUT2D eigenvalue weighted by Crippen LogP contribution is 2.18. The van der Waals surface area contributed by atoms with E-state index in [1.165, 1.54) is 28.9 Å². The van der Waals surface area contributed by atoms with Crippen LogP contribution in [0.25, 0.3) is 0 Å². The molecule has 2 rings (SSSR count). The Kier molecular flexibility index (Phi) is 8.85. The maximum atomic E-state index is 13.4. The SMILES string of the molecule is CCCC[C@H](CC)CNC(=O)CN1CCN(S(=O)(=O)c2cccc(F)c2)CC1. The number of carbonyl (C=O) groups excluding carboxylic acids is 1. The van der Waals surface area contributed by atoms with Gasteiger partial charge in [0.1, 0.15) is 5.82 Å². The third-order valence-corrected chi connectivity index (χ3v) is 7.16. The van der Waals surface area contributed by atoms with Crippen molar-refractivity contribution in [3.63, 3.8) is 0 Å². The number of amides is 1. The quantitative estimate of drug-likeness (QED) is 0.640. The molecule has 1 atom stereocenters. The van der Waals surface area contributed by atoms with Gasteiger partial charge in [-0.3, -0.25) is 9.69 Å². The van der Waals surface area contributed by atoms with Crippen LogP contribution in [0.3, 0.4) is 0 Å². The summed E-state index contributed by atoms with van der Waals surface area (Å²) >= 11 is 0. The summed E-state index contributed by atoms with van der Waals surface area (Å²) in [5, 5.41) is 3.01. The number of rotatable bonds is 10. The van der Waals surface area contributed by atoms with E-state index >= 15 is 0 Å². The summed E-state index contributed by atoms with van der Waals surface area (Å²) in [6, 6.07) is 5.06. The van der Waals surface area contributed by atoms with Gasteiger partial charge in [-0.2, -0.15) is 4.31 Å². The van der Waals surface area contributed by atoms with Crippen LogP contribution in [0.4, 0.5) is 4.39 Å². The number of hydrogen-bond donors (Lipinski definition) is 1. The summed E-state index contributed by atoms with van der Waals surface area (Å²) in [6.07, 6.45) is 4.52. The molecule has 0 aromatic heterocycles. The molecule has 1 aliphatic rings. The molecule has 1 aliphatic heterocycles. The molecule has 6 nitrogen and oxygen atoms in total. The summed E-state index contributed by atoms with van der Waals surface area (Å²) < 4.78 is 40.0. The van der Waals surface area contributed by atoms with Crippen molar-refractivity contribution < 1.29 is 17.6 Å². The number of halogens is 1. The van der Waals surface area contributed by atoms with Crippen molar-refractivity contribution >= 4 is 15.9 Å². The van der Waals surface area contributed by atoms with Gasteiger partial charge in [-0.1, -0.05) is 39.2 Å². The first-order valence-electron chi connectivity index (χ1n) is 10.1. The Morgan fingerprint density at radius 2 is 1.93 bits per heavy atom. The van der Waals surface area contributed by atoms with Crippen LogP contribution >= 0.6 is 0 Å². The molecular weight excluding hydrogens is 381 g/mol. The van der Waals surface area contributed by atoms with Gasteiger partial charge in [0, 0.05) is 32.7 Å². The van der Waals surface area contributed by atoms with E-state index in [1.807, 2.05) is 4.90 Å². The number of benzene rings is 1. The zero-order valence-electron chi connectivity index (χ0n) is 16.9. The first-order valence-corrected chi connectivity index (χ1v) is 11.6. The lowest BCUT2D eigenvalue weighted by Crippen LogP contribution is -2.51. The second-order valence-electron chi connectivity index (χ2n) is 7.36. The largest absolute Gasteiger partial charge is 0.355 e. The normalized spacial score (nSPS) is 17.4. The number of piperazine rings is 1. The number of carbonyl (C=O) groups is 1. The predicted octanol–water partition coefficient (Wildman–Crippen LogP) is 2.46. The Bertz CT molecular complexity index is 734. The first kappa shape index (κ1) is 22.8. The van der Waals surface area contributed by atoms with Crippen LogP contribution in [0.5, 0.6) is 0 Å². The van der Waals surface area contributed by atoms with Gasteiger partial charge in [0.05, 0.1) is 11.4 Å². The molecule has 1 aromatic carbocycles. The van der Waals surface area contributed by atoms with Gasteiger partial charge >= 0.3 is 0 Å². The average molecular weight is 414 g/mol. The summed E-state index contributed by atoms with van der Waals surface area (Å²) in [5.74, 6) is -0.0748. The van der Waals surface area contributed by atoms with Crippen LogP contribution in [0.1, 0.15) is 39.5 Å². The highest BCUT2D eigenvalue weighted by molar-refractivity contribution is 7.89. The van der Waals surface area contributed by atoms with Crippen molar-refractivity contribution in [1.82, 2.24) is 14.5 Å². The number of nitrogens with one attached hydrogen (secondary N) is 1. The number of unbranched alkanes of at least 4 members (excludes halogenated alkanes) is 1. The monoisotopic (exact) mass is 413 g/mol. The lowest BCUT2D eigenvalue weighted by molar-refractivity contribution is -0.122. The van der Waals surface area contributed by atoms with Crippen LogP contribution in [0, 0.1) is 11.7 Å². The summed E-state index contributed by atoms with van der Waals surface area (Å²) in [4.78, 5) is 14.1. The third kappa shape index (κ3) is 6.53. The molecule has 0 radical (unpaired) electrons. The summed E-state index contributed by atoms with van der Waals surface area (Å²) in [6.45, 7) is 6.83. The molecule has 158 valence electrons. The Hall–Kier alpha value is -1.51. The van der Waals surface area contributed by atoms with E-state index < -0.39 is 15.8 Å². The van der Waals surface area contributed by atoms with E-state index in [0.29, 0.717) is 38.6 Å². The number of nitrogens with zero attached hydrogens (tertiary/aromatic N) is 2. The fourth-order valence-electron chi connectivity index (χ4n) is 3.37. The fraction of sp³-hybridized carbons (Fsp3) is 0.650. The minimum absolute atomic E-state index is 0.0172. The molecule has 1 heterocycles. The average Bonchev–Trinajstić information content (AvgIpc) is 2.68. The molecule has 0 spiro atoms. The molecule has 1 fully saturated rings. The van der Waals surface area contributed by atoms with Gasteiger partial charge < -0.3 is 5.32 Å². The highest BCUT2D eigenvalue weighted by atomic mass is 32.2. The molecule has 1 aromatic rings. The van der Waals surface area contributed by atoms with Crippen LogP contribution < -0.4 is 5.32 Å². The molecule has 1 N–H and O–H groups in total. The van der Waals surface area contributed by atoms with Crippen LogP contribution in [0.2, 0.25) is 0 Å². The van der Waals surface area contributed by atoms with Gasteiger partial charge in [-0.15, -0.1) is 0 Å². The Labute approximate surface area is 168 Å². The first-order chi connectivity index (χ1) is 13.4. The Balaban J connectivity index is 1.79. The zero-order valence-corrected chi connectivity index (χ0v) is 17.7. The number of sulfonamides is 1. The van der Waals surface area contributed by atoms with Crippen molar-refractivity contribution in [3.05, 3.63) is 30.1 Å². The Morgan fingerprint density at radius 3 is 2.54 bits per heavy atom. The van der Waals surface area contributed by atoms with E-state index in [4.69, 9.17) is 0 Å². The van der Waals surface area contributed by atoms with Crippen molar-refractivity contribution in [1.29, 1.82) is 0 Å². The minimum Gasteiger partial charge on any atom is -0.355 e. The number of hydrogen-bond acceptors (Lipinski definition) is 4. The zero-order chi connectivity index (χ0) is 20.6. The van der Waals surface area contributed by atoms with Crippen LogP contribution in [-0.2, 0) is 14.8 Å². The van der Waals surface area contributed by atoms with E-state index in [1.54, 1.807) is 0 Å². The van der Waals surface area contributed by atoms with Gasteiger partial charge in [0.2, 0.25) is 15.9 Å². The fourth-order valence-corrected chi connectivity index (χ4v) is 4.82. The van der Waals surface area contributed by atoms with Gasteiger partial charge in [0.15, 0.2) is 0 Å². The topological polar surface area (TPSA) is 69.7 Å². The lowest BCUT2D eigenvalue weighted by atomic mass is 9.99. The smallest absolute Gasteiger partial charge is 0.243 e. The minimum atomic E-state index is -3.70. The van der Waals surface area contributed by atoms with Crippen molar-refractivity contribution in [3.8, 4) is 0 Å². The molecule has 8 heteroatoms. The van der Waals surface area contributed by atoms with E-state index in [-0.39, 0.29) is 17.3 Å². The maximum absolute atomic E-state index is 13.4. The second-order valence-corrected chi connectivity index (χ2v) is 9.30. The van der Waals surface area contributed by atoms with Crippen molar-refractivity contribution in [2.75, 3.05) is 39.3 Å². The van der Waals surface area contributed by atoms with E-state index in [2.05, 4.69) is 19.2 Å². The molecule has 0 aliphatic carbocycles. The van der Waals surface area contributed by atoms with E-state index in [9.17, 15) is 17.6 Å². The van der Waals surface area contributed by atoms with Crippen molar-refractivity contribution in [2.24, 2.45) is 5.92 Å². The third-order valence-electron chi connectivity index (χ3n) is 5.26. The van der Waals surface area contributed by atoms with Crippen LogP contribution in [0.15, 0.2) is 29.2 Å². The predicted molar refractivity (Wildman–Crippen MR) is 108 cm³/mol. The maximum Gasteiger partial charge on any atom is 0.243 e. The van der Waals surface area contributed by atoms with Gasteiger partial charge in [-0.25, -0.2) is 12.8 Å². The Morgan fingerprint density at radius 1 is 1.21 bits per heavy atom. The molecule has 1 amide bonds. The molecule has 0 saturated carbocycles. The second kappa shape index (κ2) is 10.9.